The van der Waals surface area contributed by atoms with Gasteiger partial charge in [-0.05, 0) is 37.5 Å². The minimum atomic E-state index is 0.621. The predicted octanol–water partition coefficient (Wildman–Crippen LogP) is 2.64. The molecule has 0 bridgehead atoms. The molecule has 18 heavy (non-hydrogen) atoms. The zero-order valence-electron chi connectivity index (χ0n) is 11.9. The highest BCUT2D eigenvalue weighted by atomic mass is 15.1. The average molecular weight is 248 g/mol. The smallest absolute Gasteiger partial charge is 0.0598 e. The Hall–Kier alpha value is -0.520. The van der Waals surface area contributed by atoms with Crippen molar-refractivity contribution in [1.82, 2.24) is 10.2 Å². The SMILES string of the molecule is C#CCN1CCC(NCC2(CC)CCCC2)CC1. The lowest BCUT2D eigenvalue weighted by atomic mass is 9.83. The fourth-order valence-electron chi connectivity index (χ4n) is 3.57. The molecule has 0 radical (unpaired) electrons. The summed E-state index contributed by atoms with van der Waals surface area (Å²) in [5.74, 6) is 2.75. The molecule has 1 aliphatic heterocycles. The lowest BCUT2D eigenvalue weighted by Gasteiger charge is -2.35. The Labute approximate surface area is 113 Å². The molecule has 0 aromatic rings. The molecule has 2 rings (SSSR count). The molecule has 102 valence electrons. The highest BCUT2D eigenvalue weighted by molar-refractivity contribution is 4.91. The van der Waals surface area contributed by atoms with Gasteiger partial charge < -0.3 is 5.32 Å². The van der Waals surface area contributed by atoms with Crippen LogP contribution in [0.3, 0.4) is 0 Å². The van der Waals surface area contributed by atoms with Crippen molar-refractivity contribution in [2.24, 2.45) is 5.41 Å². The number of hydrogen-bond acceptors (Lipinski definition) is 2. The molecule has 0 amide bonds. The Balaban J connectivity index is 1.70. The number of nitrogens with zero attached hydrogens (tertiary/aromatic N) is 1. The van der Waals surface area contributed by atoms with E-state index in [1.54, 1.807) is 0 Å². The molecule has 2 aliphatic rings. The molecule has 0 unspecified atom stereocenters. The summed E-state index contributed by atoms with van der Waals surface area (Å²) in [5, 5.41) is 3.84. The molecule has 0 aromatic carbocycles. The van der Waals surface area contributed by atoms with Crippen LogP contribution in [0.1, 0.15) is 51.9 Å². The number of hydrogen-bond donors (Lipinski definition) is 1. The number of nitrogens with one attached hydrogen (secondary N) is 1. The summed E-state index contributed by atoms with van der Waals surface area (Å²) in [4.78, 5) is 2.39. The normalized spacial score (nSPS) is 25.1. The summed E-state index contributed by atoms with van der Waals surface area (Å²) in [5.41, 5.74) is 0.621. The van der Waals surface area contributed by atoms with E-state index in [-0.39, 0.29) is 0 Å². The van der Waals surface area contributed by atoms with Crippen molar-refractivity contribution in [3.05, 3.63) is 0 Å². The van der Waals surface area contributed by atoms with E-state index >= 15 is 0 Å². The maximum Gasteiger partial charge on any atom is 0.0598 e. The van der Waals surface area contributed by atoms with Gasteiger partial charge in [0.2, 0.25) is 0 Å². The lowest BCUT2D eigenvalue weighted by Crippen LogP contribution is -2.45. The Morgan fingerprint density at radius 1 is 1.28 bits per heavy atom. The Bertz CT molecular complexity index is 278. The van der Waals surface area contributed by atoms with Gasteiger partial charge in [-0.25, -0.2) is 0 Å². The Kier molecular flexibility index (Phi) is 5.09. The quantitative estimate of drug-likeness (QED) is 0.753. The van der Waals surface area contributed by atoms with Crippen molar-refractivity contribution in [3.63, 3.8) is 0 Å². The third-order valence-electron chi connectivity index (χ3n) is 5.08. The monoisotopic (exact) mass is 248 g/mol. The van der Waals surface area contributed by atoms with Crippen LogP contribution in [0.25, 0.3) is 0 Å². The van der Waals surface area contributed by atoms with Crippen LogP contribution < -0.4 is 5.32 Å². The Morgan fingerprint density at radius 3 is 2.50 bits per heavy atom. The molecule has 0 spiro atoms. The maximum atomic E-state index is 5.36. The molecular weight excluding hydrogens is 220 g/mol. The number of terminal acetylenes is 1. The zero-order valence-corrected chi connectivity index (χ0v) is 11.9. The van der Waals surface area contributed by atoms with Crippen LogP contribution in [0, 0.1) is 17.8 Å². The zero-order chi connectivity index (χ0) is 12.8. The van der Waals surface area contributed by atoms with Gasteiger partial charge in [0, 0.05) is 25.7 Å². The van der Waals surface area contributed by atoms with Crippen LogP contribution in [0.2, 0.25) is 0 Å². The van der Waals surface area contributed by atoms with Crippen molar-refractivity contribution in [3.8, 4) is 12.3 Å². The summed E-state index contributed by atoms with van der Waals surface area (Å²) in [7, 11) is 0. The number of piperidine rings is 1. The maximum absolute atomic E-state index is 5.36. The first-order valence-electron chi connectivity index (χ1n) is 7.67. The molecule has 2 heteroatoms. The van der Waals surface area contributed by atoms with Gasteiger partial charge in [0.1, 0.15) is 0 Å². The lowest BCUT2D eigenvalue weighted by molar-refractivity contribution is 0.192. The van der Waals surface area contributed by atoms with Crippen LogP contribution >= 0.6 is 0 Å². The van der Waals surface area contributed by atoms with Gasteiger partial charge in [-0.15, -0.1) is 6.42 Å². The van der Waals surface area contributed by atoms with Crippen LogP contribution in [-0.4, -0.2) is 37.1 Å². The summed E-state index contributed by atoms with van der Waals surface area (Å²) in [6.07, 6.45) is 15.0. The first kappa shape index (κ1) is 13.9. The predicted molar refractivity (Wildman–Crippen MR) is 77.5 cm³/mol. The van der Waals surface area contributed by atoms with E-state index in [4.69, 9.17) is 6.42 Å². The summed E-state index contributed by atoms with van der Waals surface area (Å²) < 4.78 is 0. The van der Waals surface area contributed by atoms with Gasteiger partial charge >= 0.3 is 0 Å². The molecule has 0 aromatic heterocycles. The second-order valence-electron chi connectivity index (χ2n) is 6.20. The second-order valence-corrected chi connectivity index (χ2v) is 6.20. The van der Waals surface area contributed by atoms with E-state index in [1.807, 2.05) is 0 Å². The summed E-state index contributed by atoms with van der Waals surface area (Å²) >= 11 is 0. The van der Waals surface area contributed by atoms with Crippen molar-refractivity contribution in [1.29, 1.82) is 0 Å². The van der Waals surface area contributed by atoms with E-state index < -0.39 is 0 Å². The Morgan fingerprint density at radius 2 is 1.94 bits per heavy atom. The highest BCUT2D eigenvalue weighted by Crippen LogP contribution is 2.40. The molecule has 1 aliphatic carbocycles. The minimum absolute atomic E-state index is 0.621. The number of rotatable bonds is 5. The van der Waals surface area contributed by atoms with Gasteiger partial charge in [-0.1, -0.05) is 25.7 Å². The molecule has 2 fully saturated rings. The average Bonchev–Trinajstić information content (AvgIpc) is 2.88. The van der Waals surface area contributed by atoms with Crippen molar-refractivity contribution >= 4 is 0 Å². The van der Waals surface area contributed by atoms with E-state index in [2.05, 4.69) is 23.1 Å². The molecule has 0 atom stereocenters. The molecule has 1 N–H and O–H groups in total. The molecule has 2 nitrogen and oxygen atoms in total. The van der Waals surface area contributed by atoms with E-state index in [1.165, 1.54) is 64.6 Å². The third-order valence-corrected chi connectivity index (χ3v) is 5.08. The summed E-state index contributed by atoms with van der Waals surface area (Å²) in [6, 6.07) is 0.725. The molecule has 1 heterocycles. The summed E-state index contributed by atoms with van der Waals surface area (Å²) in [6.45, 7) is 6.76. The largest absolute Gasteiger partial charge is 0.313 e. The fourth-order valence-corrected chi connectivity index (χ4v) is 3.57. The molecule has 1 saturated carbocycles. The van der Waals surface area contributed by atoms with Gasteiger partial charge in [-0.2, -0.15) is 0 Å². The van der Waals surface area contributed by atoms with Crippen LogP contribution in [0.15, 0.2) is 0 Å². The minimum Gasteiger partial charge on any atom is -0.313 e. The topological polar surface area (TPSA) is 15.3 Å². The van der Waals surface area contributed by atoms with E-state index in [0.29, 0.717) is 5.41 Å². The van der Waals surface area contributed by atoms with Gasteiger partial charge in [0.25, 0.3) is 0 Å². The first-order valence-corrected chi connectivity index (χ1v) is 7.67. The molecule has 1 saturated heterocycles. The third kappa shape index (κ3) is 3.49. The first-order chi connectivity index (χ1) is 8.78. The van der Waals surface area contributed by atoms with Gasteiger partial charge in [0.15, 0.2) is 0 Å². The highest BCUT2D eigenvalue weighted by Gasteiger charge is 2.32. The fraction of sp³-hybridized carbons (Fsp3) is 0.875. The van der Waals surface area contributed by atoms with Crippen LogP contribution in [-0.2, 0) is 0 Å². The van der Waals surface area contributed by atoms with Crippen molar-refractivity contribution in [2.45, 2.75) is 57.9 Å². The van der Waals surface area contributed by atoms with Crippen molar-refractivity contribution in [2.75, 3.05) is 26.2 Å². The molecular formula is C16H28N2. The second kappa shape index (κ2) is 6.59. The van der Waals surface area contributed by atoms with Crippen molar-refractivity contribution < 1.29 is 0 Å². The van der Waals surface area contributed by atoms with Gasteiger partial charge in [0.05, 0.1) is 6.54 Å². The van der Waals surface area contributed by atoms with E-state index in [9.17, 15) is 0 Å². The van der Waals surface area contributed by atoms with Crippen LogP contribution in [0.4, 0.5) is 0 Å². The standard InChI is InChI=1S/C16H28N2/c1-3-11-18-12-7-15(8-13-18)17-14-16(4-2)9-5-6-10-16/h1,15,17H,4-14H2,2H3. The van der Waals surface area contributed by atoms with Crippen LogP contribution in [0.5, 0.6) is 0 Å². The van der Waals surface area contributed by atoms with E-state index in [0.717, 1.165) is 12.6 Å². The number of likely N-dealkylation sites (tertiary alicyclic amines) is 1. The van der Waals surface area contributed by atoms with Gasteiger partial charge in [-0.3, -0.25) is 4.90 Å².